The molecule has 2 N–H and O–H groups in total. The van der Waals surface area contributed by atoms with Gasteiger partial charge in [-0.25, -0.2) is 4.79 Å². The van der Waals surface area contributed by atoms with Crippen LogP contribution in [-0.2, 0) is 9.47 Å². The van der Waals surface area contributed by atoms with Gasteiger partial charge in [0.2, 0.25) is 0 Å². The van der Waals surface area contributed by atoms with Crippen LogP contribution in [0.15, 0.2) is 24.5 Å². The molecule has 1 unspecified atom stereocenters. The minimum absolute atomic E-state index is 0.0943. The van der Waals surface area contributed by atoms with E-state index < -0.39 is 5.60 Å². The lowest BCUT2D eigenvalue weighted by molar-refractivity contribution is -0.171. The van der Waals surface area contributed by atoms with E-state index in [1.807, 2.05) is 24.0 Å². The van der Waals surface area contributed by atoms with Gasteiger partial charge in [0.05, 0.1) is 13.2 Å². The van der Waals surface area contributed by atoms with Crippen LogP contribution < -0.4 is 5.32 Å². The Bertz CT molecular complexity index is 877. The zero-order valence-corrected chi connectivity index (χ0v) is 15.8. The van der Waals surface area contributed by atoms with Gasteiger partial charge in [0.1, 0.15) is 5.69 Å². The molecule has 3 atom stereocenters. The molecule has 8 heteroatoms. The van der Waals surface area contributed by atoms with Crippen LogP contribution in [0.25, 0.3) is 10.9 Å². The van der Waals surface area contributed by atoms with Crippen molar-refractivity contribution in [3.63, 3.8) is 0 Å². The highest BCUT2D eigenvalue weighted by Crippen LogP contribution is 2.53. The van der Waals surface area contributed by atoms with Crippen molar-refractivity contribution in [2.45, 2.75) is 18.9 Å². The number of ether oxygens (including phenoxy) is 2. The Balaban J connectivity index is 1.06. The first kappa shape index (κ1) is 17.5. The highest BCUT2D eigenvalue weighted by molar-refractivity contribution is 5.97. The van der Waals surface area contributed by atoms with Crippen LogP contribution in [0.2, 0.25) is 0 Å². The Morgan fingerprint density at radius 1 is 1.39 bits per heavy atom. The average Bonchev–Trinajstić information content (AvgIpc) is 3.05. The molecule has 148 valence electrons. The Kier molecular flexibility index (Phi) is 4.04. The fourth-order valence-electron chi connectivity index (χ4n) is 4.49. The van der Waals surface area contributed by atoms with E-state index in [9.17, 15) is 9.59 Å². The van der Waals surface area contributed by atoms with Crippen molar-refractivity contribution in [2.75, 3.05) is 32.8 Å². The Hall–Kier alpha value is -2.61. The van der Waals surface area contributed by atoms with Crippen LogP contribution in [0, 0.1) is 17.8 Å². The minimum atomic E-state index is -0.452. The molecule has 2 saturated heterocycles. The van der Waals surface area contributed by atoms with Gasteiger partial charge < -0.3 is 24.7 Å². The number of H-pyrrole nitrogens is 1. The smallest absolute Gasteiger partial charge is 0.410 e. The van der Waals surface area contributed by atoms with Crippen LogP contribution in [0.3, 0.4) is 0 Å². The Morgan fingerprint density at radius 3 is 2.86 bits per heavy atom. The molecular weight excluding hydrogens is 360 g/mol. The average molecular weight is 384 g/mol. The molecular formula is C20H24N4O4. The number of likely N-dealkylation sites (tertiary alicyclic amines) is 1. The number of pyridine rings is 1. The molecule has 3 fully saturated rings. The summed E-state index contributed by atoms with van der Waals surface area (Å²) in [5.74, 6) is 1.56. The second-order valence-corrected chi connectivity index (χ2v) is 8.40. The predicted molar refractivity (Wildman–Crippen MR) is 101 cm³/mol. The monoisotopic (exact) mass is 384 g/mol. The second-order valence-electron chi connectivity index (χ2n) is 8.40. The molecule has 1 saturated carbocycles. The lowest BCUT2D eigenvalue weighted by Gasteiger charge is -2.38. The van der Waals surface area contributed by atoms with Crippen molar-refractivity contribution in [1.29, 1.82) is 0 Å². The largest absolute Gasteiger partial charge is 0.438 e. The van der Waals surface area contributed by atoms with Gasteiger partial charge >= 0.3 is 6.09 Å². The first-order valence-electron chi connectivity index (χ1n) is 9.79. The molecule has 3 aliphatic rings. The molecule has 8 nitrogen and oxygen atoms in total. The molecule has 28 heavy (non-hydrogen) atoms. The van der Waals surface area contributed by atoms with Crippen LogP contribution >= 0.6 is 0 Å². The van der Waals surface area contributed by atoms with Crippen LogP contribution in [0.5, 0.6) is 0 Å². The molecule has 1 aliphatic carbocycles. The van der Waals surface area contributed by atoms with E-state index >= 15 is 0 Å². The first-order valence-corrected chi connectivity index (χ1v) is 9.79. The summed E-state index contributed by atoms with van der Waals surface area (Å²) < 4.78 is 10.7. The number of nitrogens with one attached hydrogen (secondary N) is 2. The van der Waals surface area contributed by atoms with Gasteiger partial charge in [-0.15, -0.1) is 0 Å². The summed E-state index contributed by atoms with van der Waals surface area (Å²) in [4.78, 5) is 33.6. The van der Waals surface area contributed by atoms with Crippen LogP contribution in [-0.4, -0.2) is 65.3 Å². The van der Waals surface area contributed by atoms with Gasteiger partial charge in [0, 0.05) is 42.9 Å². The number of piperidine rings is 1. The molecule has 0 aromatic carbocycles. The molecule has 4 heterocycles. The van der Waals surface area contributed by atoms with Crippen molar-refractivity contribution >= 4 is 22.9 Å². The third-order valence-electron chi connectivity index (χ3n) is 6.21. The van der Waals surface area contributed by atoms with Crippen LogP contribution in [0.4, 0.5) is 4.79 Å². The Morgan fingerprint density at radius 2 is 2.18 bits per heavy atom. The SMILES string of the molecule is CC1(OC(=O)N2C[C@@H]3C(CCNC(=O)c4cc5cnccc5[nH]4)[C@@H]3C2)COC1. The molecule has 0 radical (unpaired) electrons. The highest BCUT2D eigenvalue weighted by Gasteiger charge is 2.56. The number of hydrogen-bond acceptors (Lipinski definition) is 5. The van der Waals surface area contributed by atoms with Crippen LogP contribution in [0.1, 0.15) is 23.8 Å². The molecule has 5 rings (SSSR count). The first-order chi connectivity index (χ1) is 13.5. The second kappa shape index (κ2) is 6.48. The summed E-state index contributed by atoms with van der Waals surface area (Å²) >= 11 is 0. The third-order valence-corrected chi connectivity index (χ3v) is 6.21. The number of aromatic amines is 1. The molecule has 2 aromatic heterocycles. The summed E-state index contributed by atoms with van der Waals surface area (Å²) in [6.45, 7) is 5.02. The number of carbonyl (C=O) groups is 2. The molecule has 0 bridgehead atoms. The summed E-state index contributed by atoms with van der Waals surface area (Å²) in [5.41, 5.74) is 1.01. The number of carbonyl (C=O) groups excluding carboxylic acids is 2. The topological polar surface area (TPSA) is 96.5 Å². The summed E-state index contributed by atoms with van der Waals surface area (Å²) in [5, 5.41) is 3.92. The summed E-state index contributed by atoms with van der Waals surface area (Å²) in [6.07, 6.45) is 4.16. The normalized spacial score (nSPS) is 27.2. The lowest BCUT2D eigenvalue weighted by atomic mass is 10.1. The number of aromatic nitrogens is 2. The van der Waals surface area contributed by atoms with Crippen molar-refractivity contribution in [3.05, 3.63) is 30.2 Å². The number of rotatable bonds is 5. The third kappa shape index (κ3) is 3.11. The maximum Gasteiger partial charge on any atom is 0.410 e. The predicted octanol–water partition coefficient (Wildman–Crippen LogP) is 1.79. The molecule has 2 amide bonds. The van der Waals surface area contributed by atoms with Gasteiger partial charge in [-0.2, -0.15) is 0 Å². The van der Waals surface area contributed by atoms with Gasteiger partial charge in [-0.1, -0.05) is 0 Å². The van der Waals surface area contributed by atoms with E-state index in [1.54, 1.807) is 12.4 Å². The van der Waals surface area contributed by atoms with Crippen molar-refractivity contribution in [3.8, 4) is 0 Å². The zero-order valence-electron chi connectivity index (χ0n) is 15.8. The van der Waals surface area contributed by atoms with Crippen molar-refractivity contribution in [1.82, 2.24) is 20.2 Å². The summed E-state index contributed by atoms with van der Waals surface area (Å²) in [6, 6.07) is 3.67. The van der Waals surface area contributed by atoms with Gasteiger partial charge in [0.25, 0.3) is 5.91 Å². The summed E-state index contributed by atoms with van der Waals surface area (Å²) in [7, 11) is 0. The fourth-order valence-corrected chi connectivity index (χ4v) is 4.49. The Labute approximate surface area is 162 Å². The van der Waals surface area contributed by atoms with Gasteiger partial charge in [-0.3, -0.25) is 9.78 Å². The molecule has 2 aliphatic heterocycles. The number of fused-ring (bicyclic) bond motifs is 2. The maximum atomic E-state index is 12.3. The van der Waals surface area contributed by atoms with E-state index in [2.05, 4.69) is 15.3 Å². The highest BCUT2D eigenvalue weighted by atomic mass is 16.6. The number of hydrogen-bond donors (Lipinski definition) is 2. The minimum Gasteiger partial charge on any atom is -0.438 e. The van der Waals surface area contributed by atoms with E-state index in [0.29, 0.717) is 43.2 Å². The van der Waals surface area contributed by atoms with Crippen molar-refractivity contribution < 1.29 is 19.1 Å². The number of nitrogens with zero attached hydrogens (tertiary/aromatic N) is 2. The lowest BCUT2D eigenvalue weighted by Crippen LogP contribution is -2.52. The maximum absolute atomic E-state index is 12.3. The molecule has 2 aromatic rings. The van der Waals surface area contributed by atoms with E-state index in [4.69, 9.17) is 9.47 Å². The van der Waals surface area contributed by atoms with Gasteiger partial charge in [0.15, 0.2) is 5.60 Å². The zero-order chi connectivity index (χ0) is 19.3. The molecule has 0 spiro atoms. The van der Waals surface area contributed by atoms with Crippen molar-refractivity contribution in [2.24, 2.45) is 17.8 Å². The standard InChI is InChI=1S/C20H24N4O4/c1-20(10-27-11-20)28-19(26)24-8-14-13(15(14)9-24)2-5-22-18(25)17-6-12-7-21-4-3-16(12)23-17/h3-4,6-7,13-15,23H,2,5,8-11H2,1H3,(H,22,25)/t13?,14-,15+. The van der Waals surface area contributed by atoms with E-state index in [-0.39, 0.29) is 12.0 Å². The van der Waals surface area contributed by atoms with E-state index in [0.717, 1.165) is 30.4 Å². The van der Waals surface area contributed by atoms with E-state index in [1.165, 1.54) is 0 Å². The van der Waals surface area contributed by atoms with Gasteiger partial charge in [-0.05, 0) is 43.2 Å². The quantitative estimate of drug-likeness (QED) is 0.819. The fraction of sp³-hybridized carbons (Fsp3) is 0.550. The number of amides is 2.